The van der Waals surface area contributed by atoms with Crippen molar-refractivity contribution < 1.29 is 9.26 Å². The molecule has 2 aliphatic rings. The Morgan fingerprint density at radius 3 is 2.90 bits per heavy atom. The van der Waals surface area contributed by atoms with Crippen LogP contribution in [-0.4, -0.2) is 23.4 Å². The van der Waals surface area contributed by atoms with Crippen molar-refractivity contribution in [3.63, 3.8) is 0 Å². The lowest BCUT2D eigenvalue weighted by atomic mass is 9.96. The monoisotopic (exact) mass is 290 g/mol. The van der Waals surface area contributed by atoms with Gasteiger partial charge in [0.15, 0.2) is 5.82 Å². The van der Waals surface area contributed by atoms with Crippen LogP contribution in [0.25, 0.3) is 0 Å². The van der Waals surface area contributed by atoms with E-state index in [2.05, 4.69) is 16.2 Å². The van der Waals surface area contributed by atoms with Crippen molar-refractivity contribution in [3.8, 4) is 0 Å². The van der Waals surface area contributed by atoms with Gasteiger partial charge in [-0.3, -0.25) is 0 Å². The van der Waals surface area contributed by atoms with E-state index in [4.69, 9.17) is 20.9 Å². The van der Waals surface area contributed by atoms with Gasteiger partial charge in [0.25, 0.3) is 0 Å². The molecule has 0 N–H and O–H groups in total. The highest BCUT2D eigenvalue weighted by molar-refractivity contribution is 6.30. The number of hydrogen-bond donors (Lipinski definition) is 0. The molecule has 2 aromatic rings. The molecule has 1 saturated carbocycles. The van der Waals surface area contributed by atoms with Crippen LogP contribution >= 0.6 is 11.6 Å². The van der Waals surface area contributed by atoms with E-state index in [1.165, 1.54) is 5.56 Å². The number of nitrogens with zero attached hydrogens (tertiary/aromatic N) is 2. The number of hydrogen-bond acceptors (Lipinski definition) is 4. The molecule has 20 heavy (non-hydrogen) atoms. The molecule has 1 unspecified atom stereocenters. The third-order valence-electron chi connectivity index (χ3n) is 4.27. The summed E-state index contributed by atoms with van der Waals surface area (Å²) in [6.07, 6.45) is 3.05. The maximum atomic E-state index is 6.09. The average Bonchev–Trinajstić information content (AvgIpc) is 2.91. The standard InChI is InChI=1S/C15H15ClN2O2/c16-12-3-1-2-11(8-12)15(5-6-15)14-17-13(18-20-14)10-4-7-19-9-10/h1-3,8,10H,4-7,9H2. The Kier molecular flexibility index (Phi) is 2.82. The van der Waals surface area contributed by atoms with E-state index in [1.54, 1.807) is 0 Å². The van der Waals surface area contributed by atoms with Gasteiger partial charge in [0.2, 0.25) is 5.89 Å². The molecule has 0 spiro atoms. The second-order valence-corrected chi connectivity index (χ2v) is 6.05. The average molecular weight is 291 g/mol. The Balaban J connectivity index is 1.66. The molecular weight excluding hydrogens is 276 g/mol. The molecule has 0 bridgehead atoms. The molecule has 4 rings (SSSR count). The van der Waals surface area contributed by atoms with Crippen LogP contribution in [0.4, 0.5) is 0 Å². The fourth-order valence-electron chi connectivity index (χ4n) is 2.87. The summed E-state index contributed by atoms with van der Waals surface area (Å²) in [5.74, 6) is 1.79. The molecule has 0 amide bonds. The lowest BCUT2D eigenvalue weighted by Crippen LogP contribution is -2.09. The van der Waals surface area contributed by atoms with Crippen molar-refractivity contribution in [2.75, 3.05) is 13.2 Å². The van der Waals surface area contributed by atoms with Crippen LogP contribution in [-0.2, 0) is 10.2 Å². The highest BCUT2D eigenvalue weighted by atomic mass is 35.5. The van der Waals surface area contributed by atoms with Gasteiger partial charge in [-0.25, -0.2) is 0 Å². The first kappa shape index (κ1) is 12.4. The fraction of sp³-hybridized carbons (Fsp3) is 0.467. The van der Waals surface area contributed by atoms with Gasteiger partial charge in [-0.2, -0.15) is 4.98 Å². The van der Waals surface area contributed by atoms with Gasteiger partial charge in [0.05, 0.1) is 12.0 Å². The highest BCUT2D eigenvalue weighted by Gasteiger charge is 2.51. The van der Waals surface area contributed by atoms with Gasteiger partial charge in [0, 0.05) is 17.5 Å². The van der Waals surface area contributed by atoms with Gasteiger partial charge in [0.1, 0.15) is 0 Å². The van der Waals surface area contributed by atoms with Gasteiger partial charge in [-0.05, 0) is 37.0 Å². The fourth-order valence-corrected chi connectivity index (χ4v) is 3.06. The number of ether oxygens (including phenoxy) is 1. The van der Waals surface area contributed by atoms with Crippen molar-refractivity contribution in [2.45, 2.75) is 30.6 Å². The van der Waals surface area contributed by atoms with E-state index in [9.17, 15) is 0 Å². The zero-order valence-corrected chi connectivity index (χ0v) is 11.8. The second-order valence-electron chi connectivity index (χ2n) is 5.61. The maximum Gasteiger partial charge on any atom is 0.237 e. The van der Waals surface area contributed by atoms with Crippen LogP contribution in [0.1, 0.15) is 42.5 Å². The number of benzene rings is 1. The van der Waals surface area contributed by atoms with Crippen LogP contribution in [0.5, 0.6) is 0 Å². The first-order valence-electron chi connectivity index (χ1n) is 6.96. The largest absolute Gasteiger partial charge is 0.381 e. The first-order chi connectivity index (χ1) is 9.78. The van der Waals surface area contributed by atoms with Crippen molar-refractivity contribution in [1.29, 1.82) is 0 Å². The zero-order valence-electron chi connectivity index (χ0n) is 11.0. The van der Waals surface area contributed by atoms with Gasteiger partial charge < -0.3 is 9.26 Å². The van der Waals surface area contributed by atoms with Crippen molar-refractivity contribution in [1.82, 2.24) is 10.1 Å². The third-order valence-corrected chi connectivity index (χ3v) is 4.51. The van der Waals surface area contributed by atoms with Gasteiger partial charge >= 0.3 is 0 Å². The lowest BCUT2D eigenvalue weighted by Gasteiger charge is -2.10. The Morgan fingerprint density at radius 1 is 1.30 bits per heavy atom. The molecule has 0 radical (unpaired) electrons. The molecule has 1 aromatic heterocycles. The lowest BCUT2D eigenvalue weighted by molar-refractivity contribution is 0.192. The second kappa shape index (κ2) is 4.57. The number of rotatable bonds is 3. The predicted molar refractivity (Wildman–Crippen MR) is 73.9 cm³/mol. The van der Waals surface area contributed by atoms with E-state index in [0.717, 1.165) is 42.6 Å². The summed E-state index contributed by atoms with van der Waals surface area (Å²) < 4.78 is 10.9. The number of aromatic nitrogens is 2. The molecule has 4 nitrogen and oxygen atoms in total. The van der Waals surface area contributed by atoms with E-state index in [0.29, 0.717) is 6.61 Å². The smallest absolute Gasteiger partial charge is 0.237 e. The molecule has 2 heterocycles. The van der Waals surface area contributed by atoms with Crippen molar-refractivity contribution in [3.05, 3.63) is 46.6 Å². The highest BCUT2D eigenvalue weighted by Crippen LogP contribution is 2.53. The molecule has 1 aromatic carbocycles. The molecular formula is C15H15ClN2O2. The Labute approximate surface area is 122 Å². The van der Waals surface area contributed by atoms with Crippen LogP contribution in [0.3, 0.4) is 0 Å². The molecule has 2 fully saturated rings. The van der Waals surface area contributed by atoms with Crippen molar-refractivity contribution >= 4 is 11.6 Å². The first-order valence-corrected chi connectivity index (χ1v) is 7.34. The molecule has 1 saturated heterocycles. The molecule has 1 aliphatic carbocycles. The normalized spacial score (nSPS) is 23.9. The molecule has 1 aliphatic heterocycles. The van der Waals surface area contributed by atoms with Crippen LogP contribution < -0.4 is 0 Å². The summed E-state index contributed by atoms with van der Waals surface area (Å²) in [6, 6.07) is 7.94. The van der Waals surface area contributed by atoms with Gasteiger partial charge in [-0.15, -0.1) is 0 Å². The summed E-state index contributed by atoms with van der Waals surface area (Å²) in [5.41, 5.74) is 1.05. The van der Waals surface area contributed by atoms with Crippen molar-refractivity contribution in [2.24, 2.45) is 0 Å². The minimum absolute atomic E-state index is 0.115. The minimum Gasteiger partial charge on any atom is -0.381 e. The maximum absolute atomic E-state index is 6.09. The number of halogens is 1. The summed E-state index contributed by atoms with van der Waals surface area (Å²) in [4.78, 5) is 4.63. The van der Waals surface area contributed by atoms with E-state index in [1.807, 2.05) is 18.2 Å². The Hall–Kier alpha value is -1.39. The van der Waals surface area contributed by atoms with Crippen LogP contribution in [0, 0.1) is 0 Å². The van der Waals surface area contributed by atoms with Crippen LogP contribution in [0.2, 0.25) is 5.02 Å². The van der Waals surface area contributed by atoms with E-state index >= 15 is 0 Å². The zero-order chi connectivity index (χ0) is 13.6. The summed E-state index contributed by atoms with van der Waals surface area (Å²) >= 11 is 6.09. The quantitative estimate of drug-likeness (QED) is 0.870. The van der Waals surface area contributed by atoms with Crippen LogP contribution in [0.15, 0.2) is 28.8 Å². The minimum atomic E-state index is -0.115. The summed E-state index contributed by atoms with van der Waals surface area (Å²) in [7, 11) is 0. The molecule has 1 atom stereocenters. The third kappa shape index (κ3) is 1.95. The van der Waals surface area contributed by atoms with E-state index in [-0.39, 0.29) is 11.3 Å². The topological polar surface area (TPSA) is 48.2 Å². The Bertz CT molecular complexity index is 630. The predicted octanol–water partition coefficient (Wildman–Crippen LogP) is 3.31. The summed E-state index contributed by atoms with van der Waals surface area (Å²) in [5, 5.41) is 4.90. The van der Waals surface area contributed by atoms with E-state index < -0.39 is 0 Å². The molecule has 5 heteroatoms. The summed E-state index contributed by atoms with van der Waals surface area (Å²) in [6.45, 7) is 1.48. The Morgan fingerprint density at radius 2 is 2.20 bits per heavy atom. The SMILES string of the molecule is Clc1cccc(C2(c3nc(C4CCOC4)no3)CC2)c1. The molecule has 104 valence electrons. The van der Waals surface area contributed by atoms with Gasteiger partial charge in [-0.1, -0.05) is 28.9 Å².